The van der Waals surface area contributed by atoms with Gasteiger partial charge in [-0.05, 0) is 36.4 Å². The number of nitrogens with one attached hydrogen (secondary N) is 3. The molecule has 2 rings (SSSR count). The quantitative estimate of drug-likeness (QED) is 0.746. The largest absolute Gasteiger partial charge is 0.355 e. The molecule has 0 saturated carbocycles. The molecule has 8 heteroatoms. The van der Waals surface area contributed by atoms with E-state index in [4.69, 9.17) is 23.2 Å². The Morgan fingerprint density at radius 1 is 1.00 bits per heavy atom. The first-order chi connectivity index (χ1) is 11.9. The van der Waals surface area contributed by atoms with E-state index in [1.165, 1.54) is 31.3 Å². The predicted octanol–water partition coefficient (Wildman–Crippen LogP) is 2.72. The van der Waals surface area contributed by atoms with Gasteiger partial charge in [0.15, 0.2) is 0 Å². The van der Waals surface area contributed by atoms with Gasteiger partial charge in [0.1, 0.15) is 0 Å². The van der Waals surface area contributed by atoms with Crippen molar-refractivity contribution >= 4 is 46.6 Å². The molecule has 2 aromatic rings. The molecule has 3 N–H and O–H groups in total. The molecule has 0 spiro atoms. The number of carbonyl (C=O) groups excluding carboxylic acids is 3. The molecule has 130 valence electrons. The van der Waals surface area contributed by atoms with Crippen molar-refractivity contribution in [3.8, 4) is 0 Å². The van der Waals surface area contributed by atoms with Crippen LogP contribution in [0.5, 0.6) is 0 Å². The number of anilines is 1. The van der Waals surface area contributed by atoms with Crippen LogP contribution >= 0.6 is 23.2 Å². The Balaban J connectivity index is 1.94. The van der Waals surface area contributed by atoms with E-state index in [-0.39, 0.29) is 23.0 Å². The molecule has 0 heterocycles. The molecule has 2 aromatic carbocycles. The Hall–Kier alpha value is -2.57. The van der Waals surface area contributed by atoms with E-state index >= 15 is 0 Å². The summed E-state index contributed by atoms with van der Waals surface area (Å²) in [6.45, 7) is -0.248. The summed E-state index contributed by atoms with van der Waals surface area (Å²) in [6.07, 6.45) is 0. The molecule has 0 fully saturated rings. The van der Waals surface area contributed by atoms with Crippen molar-refractivity contribution in [1.82, 2.24) is 10.6 Å². The Bertz CT molecular complexity index is 825. The third-order valence-electron chi connectivity index (χ3n) is 3.22. The second-order valence-corrected chi connectivity index (χ2v) is 5.86. The fraction of sp³-hybridized carbons (Fsp3) is 0.118. The SMILES string of the molecule is CNC(=O)c1cccc(NC(=O)CNC(=O)c2ccc(Cl)cc2Cl)c1. The molecule has 0 radical (unpaired) electrons. The number of hydrogen-bond donors (Lipinski definition) is 3. The van der Waals surface area contributed by atoms with Crippen molar-refractivity contribution in [3.05, 3.63) is 63.6 Å². The summed E-state index contributed by atoms with van der Waals surface area (Å²) in [5.41, 5.74) is 1.09. The zero-order valence-electron chi connectivity index (χ0n) is 13.2. The molecule has 3 amide bonds. The molecule has 0 aliphatic rings. The summed E-state index contributed by atoms with van der Waals surface area (Å²) in [4.78, 5) is 35.6. The highest BCUT2D eigenvalue weighted by molar-refractivity contribution is 6.36. The van der Waals surface area contributed by atoms with Gasteiger partial charge in [0.2, 0.25) is 5.91 Å². The van der Waals surface area contributed by atoms with Crippen LogP contribution in [-0.4, -0.2) is 31.3 Å². The van der Waals surface area contributed by atoms with Crippen LogP contribution in [0.4, 0.5) is 5.69 Å². The van der Waals surface area contributed by atoms with Crippen molar-refractivity contribution in [1.29, 1.82) is 0 Å². The van der Waals surface area contributed by atoms with Crippen LogP contribution in [0.1, 0.15) is 20.7 Å². The first kappa shape index (κ1) is 18.8. The Morgan fingerprint density at radius 3 is 2.44 bits per heavy atom. The van der Waals surface area contributed by atoms with Gasteiger partial charge < -0.3 is 16.0 Å². The zero-order valence-corrected chi connectivity index (χ0v) is 14.7. The van der Waals surface area contributed by atoms with Crippen molar-refractivity contribution in [2.75, 3.05) is 18.9 Å². The van der Waals surface area contributed by atoms with E-state index in [9.17, 15) is 14.4 Å². The summed E-state index contributed by atoms with van der Waals surface area (Å²) in [7, 11) is 1.52. The lowest BCUT2D eigenvalue weighted by molar-refractivity contribution is -0.115. The molecular weight excluding hydrogens is 365 g/mol. The van der Waals surface area contributed by atoms with E-state index < -0.39 is 11.8 Å². The predicted molar refractivity (Wildman–Crippen MR) is 97.3 cm³/mol. The van der Waals surface area contributed by atoms with Crippen molar-refractivity contribution in [2.45, 2.75) is 0 Å². The molecule has 0 unspecified atom stereocenters. The van der Waals surface area contributed by atoms with Crippen LogP contribution in [0.15, 0.2) is 42.5 Å². The first-order valence-corrected chi connectivity index (χ1v) is 8.01. The van der Waals surface area contributed by atoms with Crippen molar-refractivity contribution in [2.24, 2.45) is 0 Å². The number of benzene rings is 2. The topological polar surface area (TPSA) is 87.3 Å². The van der Waals surface area contributed by atoms with Crippen molar-refractivity contribution in [3.63, 3.8) is 0 Å². The second-order valence-electron chi connectivity index (χ2n) is 5.01. The van der Waals surface area contributed by atoms with Crippen LogP contribution in [0.25, 0.3) is 0 Å². The standard InChI is InChI=1S/C17H15Cl2N3O3/c1-20-16(24)10-3-2-4-12(7-10)22-15(23)9-21-17(25)13-6-5-11(18)8-14(13)19/h2-8H,9H2,1H3,(H,20,24)(H,21,25)(H,22,23). The zero-order chi connectivity index (χ0) is 18.4. The summed E-state index contributed by atoms with van der Waals surface area (Å²) in [6, 6.07) is 10.9. The van der Waals surface area contributed by atoms with Crippen LogP contribution < -0.4 is 16.0 Å². The van der Waals surface area contributed by atoms with E-state index in [2.05, 4.69) is 16.0 Å². The van der Waals surface area contributed by atoms with Gasteiger partial charge in [0.05, 0.1) is 17.1 Å². The summed E-state index contributed by atoms with van der Waals surface area (Å²) in [5, 5.41) is 8.18. The highest BCUT2D eigenvalue weighted by Gasteiger charge is 2.12. The minimum atomic E-state index is -0.490. The van der Waals surface area contributed by atoms with Gasteiger partial charge in [-0.2, -0.15) is 0 Å². The maximum Gasteiger partial charge on any atom is 0.253 e. The highest BCUT2D eigenvalue weighted by Crippen LogP contribution is 2.20. The van der Waals surface area contributed by atoms with Gasteiger partial charge in [-0.1, -0.05) is 29.3 Å². The molecule has 0 aliphatic carbocycles. The number of carbonyl (C=O) groups is 3. The van der Waals surface area contributed by atoms with Gasteiger partial charge >= 0.3 is 0 Å². The molecule has 0 atom stereocenters. The van der Waals surface area contributed by atoms with Crippen LogP contribution in [0.2, 0.25) is 10.0 Å². The van der Waals surface area contributed by atoms with E-state index in [1.54, 1.807) is 18.2 Å². The average Bonchev–Trinajstić information content (AvgIpc) is 2.59. The van der Waals surface area contributed by atoms with Crippen LogP contribution in [0.3, 0.4) is 0 Å². The maximum absolute atomic E-state index is 12.0. The van der Waals surface area contributed by atoms with Gasteiger partial charge in [-0.15, -0.1) is 0 Å². The van der Waals surface area contributed by atoms with E-state index in [0.29, 0.717) is 16.3 Å². The summed E-state index contributed by atoms with van der Waals surface area (Å²) in [5.74, 6) is -1.19. The minimum Gasteiger partial charge on any atom is -0.355 e. The molecule has 25 heavy (non-hydrogen) atoms. The Morgan fingerprint density at radius 2 is 1.76 bits per heavy atom. The lowest BCUT2D eigenvalue weighted by atomic mass is 10.2. The smallest absolute Gasteiger partial charge is 0.253 e. The second kappa shape index (κ2) is 8.50. The van der Waals surface area contributed by atoms with Gasteiger partial charge in [-0.25, -0.2) is 0 Å². The minimum absolute atomic E-state index is 0.198. The van der Waals surface area contributed by atoms with E-state index in [1.807, 2.05) is 0 Å². The van der Waals surface area contributed by atoms with Crippen LogP contribution in [0, 0.1) is 0 Å². The van der Waals surface area contributed by atoms with E-state index in [0.717, 1.165) is 0 Å². The first-order valence-electron chi connectivity index (χ1n) is 7.26. The normalized spacial score (nSPS) is 10.0. The lowest BCUT2D eigenvalue weighted by Gasteiger charge is -2.09. The van der Waals surface area contributed by atoms with Gasteiger partial charge in [-0.3, -0.25) is 14.4 Å². The fourth-order valence-corrected chi connectivity index (χ4v) is 2.51. The van der Waals surface area contributed by atoms with Gasteiger partial charge in [0.25, 0.3) is 11.8 Å². The summed E-state index contributed by atoms with van der Waals surface area (Å²) < 4.78 is 0. The number of hydrogen-bond acceptors (Lipinski definition) is 3. The number of rotatable bonds is 5. The van der Waals surface area contributed by atoms with Crippen LogP contribution in [-0.2, 0) is 4.79 Å². The molecule has 0 aromatic heterocycles. The third-order valence-corrected chi connectivity index (χ3v) is 3.77. The Labute approximate surface area is 154 Å². The Kier molecular flexibility index (Phi) is 6.38. The maximum atomic E-state index is 12.0. The molecule has 0 saturated heterocycles. The molecule has 6 nitrogen and oxygen atoms in total. The fourth-order valence-electron chi connectivity index (χ4n) is 2.02. The lowest BCUT2D eigenvalue weighted by Crippen LogP contribution is -2.33. The third kappa shape index (κ3) is 5.20. The average molecular weight is 380 g/mol. The molecule has 0 aliphatic heterocycles. The van der Waals surface area contributed by atoms with Crippen molar-refractivity contribution < 1.29 is 14.4 Å². The molecule has 0 bridgehead atoms. The highest BCUT2D eigenvalue weighted by atomic mass is 35.5. The monoisotopic (exact) mass is 379 g/mol. The number of amides is 3. The van der Waals surface area contributed by atoms with Gasteiger partial charge in [0, 0.05) is 23.3 Å². The molecular formula is C17H15Cl2N3O3. The summed E-state index contributed by atoms with van der Waals surface area (Å²) >= 11 is 11.7. The number of halogens is 2.